The van der Waals surface area contributed by atoms with Crippen LogP contribution >= 0.6 is 0 Å². The largest absolute Gasteiger partial charge is 0.486 e. The van der Waals surface area contributed by atoms with E-state index in [1.807, 2.05) is 43.3 Å². The molecule has 0 saturated carbocycles. The van der Waals surface area contributed by atoms with Crippen molar-refractivity contribution in [3.05, 3.63) is 59.9 Å². The summed E-state index contributed by atoms with van der Waals surface area (Å²) < 4.78 is 11.7. The zero-order valence-electron chi connectivity index (χ0n) is 21.6. The highest BCUT2D eigenvalue weighted by Crippen LogP contribution is 2.34. The third-order valence-corrected chi connectivity index (χ3v) is 6.36. The van der Waals surface area contributed by atoms with Gasteiger partial charge in [-0.1, -0.05) is 31.9 Å². The predicted molar refractivity (Wildman–Crippen MR) is 147 cm³/mol. The number of amides is 1. The Bertz CT molecular complexity index is 1320. The summed E-state index contributed by atoms with van der Waals surface area (Å²) in [4.78, 5) is 23.9. The summed E-state index contributed by atoms with van der Waals surface area (Å²) in [6.45, 7) is 9.89. The number of aryl methyl sites for hydroxylation is 1. The third kappa shape index (κ3) is 6.64. The number of likely N-dealkylation sites (N-methyl/N-ethyl adjacent to an activating group) is 1. The van der Waals surface area contributed by atoms with Gasteiger partial charge in [-0.3, -0.25) is 4.79 Å². The highest BCUT2D eigenvalue weighted by atomic mass is 16.5. The van der Waals surface area contributed by atoms with Crippen molar-refractivity contribution in [2.45, 2.75) is 33.3 Å². The van der Waals surface area contributed by atoms with E-state index in [4.69, 9.17) is 15.9 Å². The highest BCUT2D eigenvalue weighted by Gasteiger charge is 2.20. The van der Waals surface area contributed by atoms with E-state index in [2.05, 4.69) is 45.3 Å². The average molecular weight is 500 g/mol. The molecule has 1 aliphatic heterocycles. The first kappa shape index (κ1) is 26.1. The number of benzene rings is 2. The number of aromatic nitrogens is 2. The molecule has 1 atom stereocenters. The van der Waals surface area contributed by atoms with Crippen molar-refractivity contribution in [2.75, 3.05) is 43.5 Å². The second kappa shape index (κ2) is 12.3. The molecule has 0 aliphatic carbocycles. The van der Waals surface area contributed by atoms with E-state index >= 15 is 0 Å². The molecule has 2 aromatic carbocycles. The Morgan fingerprint density at radius 2 is 2.11 bits per heavy atom. The van der Waals surface area contributed by atoms with Crippen LogP contribution in [-0.2, 0) is 9.53 Å². The first-order valence-corrected chi connectivity index (χ1v) is 12.6. The summed E-state index contributed by atoms with van der Waals surface area (Å²) in [5.41, 5.74) is 3.88. The maximum absolute atomic E-state index is 12.8. The standard InChI is InChI=1S/C29H33N5O3/c1-5-21-15-22(11-10-20(21)4)32-29-24-16-26(33-28(35)9-8-13-34(6-2)7-3)27(17-25(24)30-19-31-29)37-23-12-14-36-18-23/h1,8-11,15-17,19,23H,6-7,12-14,18H2,2-4H3,(H,33,35)(H,30,31,32)/b9-8+. The molecule has 1 aliphatic rings. The van der Waals surface area contributed by atoms with Gasteiger partial charge >= 0.3 is 0 Å². The van der Waals surface area contributed by atoms with Gasteiger partial charge in [-0.2, -0.15) is 0 Å². The molecule has 2 heterocycles. The van der Waals surface area contributed by atoms with Crippen LogP contribution in [0.2, 0.25) is 0 Å². The predicted octanol–water partition coefficient (Wildman–Crippen LogP) is 4.67. The molecule has 37 heavy (non-hydrogen) atoms. The minimum absolute atomic E-state index is 0.0829. The topological polar surface area (TPSA) is 88.6 Å². The lowest BCUT2D eigenvalue weighted by atomic mass is 10.1. The molecule has 0 radical (unpaired) electrons. The van der Waals surface area contributed by atoms with Crippen LogP contribution in [0.4, 0.5) is 17.2 Å². The minimum Gasteiger partial charge on any atom is -0.486 e. The number of hydrogen-bond donors (Lipinski definition) is 2. The molecular formula is C29H33N5O3. The molecule has 8 nitrogen and oxygen atoms in total. The summed E-state index contributed by atoms with van der Waals surface area (Å²) >= 11 is 0. The van der Waals surface area contributed by atoms with Crippen LogP contribution in [0.15, 0.2) is 48.8 Å². The van der Waals surface area contributed by atoms with E-state index in [9.17, 15) is 4.79 Å². The summed E-state index contributed by atoms with van der Waals surface area (Å²) in [5, 5.41) is 7.06. The fraction of sp³-hybridized carbons (Fsp3) is 0.345. The average Bonchev–Trinajstić information content (AvgIpc) is 3.41. The smallest absolute Gasteiger partial charge is 0.248 e. The van der Waals surface area contributed by atoms with Gasteiger partial charge in [0.1, 0.15) is 24.0 Å². The van der Waals surface area contributed by atoms with Gasteiger partial charge in [0.15, 0.2) is 0 Å². The lowest BCUT2D eigenvalue weighted by Gasteiger charge is -2.18. The summed E-state index contributed by atoms with van der Waals surface area (Å²) in [6.07, 6.45) is 11.3. The number of rotatable bonds is 10. The van der Waals surface area contributed by atoms with Crippen LogP contribution in [-0.4, -0.2) is 59.7 Å². The molecule has 192 valence electrons. The van der Waals surface area contributed by atoms with Gasteiger partial charge in [0.25, 0.3) is 0 Å². The van der Waals surface area contributed by atoms with Crippen molar-refractivity contribution in [1.29, 1.82) is 0 Å². The molecule has 1 saturated heterocycles. The van der Waals surface area contributed by atoms with Crippen LogP contribution in [0.3, 0.4) is 0 Å². The molecule has 3 aromatic rings. The SMILES string of the molecule is C#Cc1cc(Nc2ncnc3cc(OC4CCOC4)c(NC(=O)/C=C/CN(CC)CC)cc23)ccc1C. The molecule has 1 aromatic heterocycles. The van der Waals surface area contributed by atoms with Crippen molar-refractivity contribution in [3.63, 3.8) is 0 Å². The van der Waals surface area contributed by atoms with E-state index in [0.29, 0.717) is 42.5 Å². The fourth-order valence-corrected chi connectivity index (χ4v) is 4.12. The van der Waals surface area contributed by atoms with E-state index in [-0.39, 0.29) is 12.0 Å². The zero-order valence-corrected chi connectivity index (χ0v) is 21.6. The van der Waals surface area contributed by atoms with Crippen LogP contribution in [0, 0.1) is 19.3 Å². The Hall–Kier alpha value is -3.93. The maximum Gasteiger partial charge on any atom is 0.248 e. The van der Waals surface area contributed by atoms with Crippen LogP contribution in [0.5, 0.6) is 5.75 Å². The summed E-state index contributed by atoms with van der Waals surface area (Å²) in [5.74, 6) is 3.61. The van der Waals surface area contributed by atoms with Crippen LogP contribution in [0.1, 0.15) is 31.4 Å². The van der Waals surface area contributed by atoms with E-state index in [0.717, 1.165) is 41.7 Å². The molecular weight excluding hydrogens is 466 g/mol. The molecule has 1 unspecified atom stereocenters. The normalized spacial score (nSPS) is 15.3. The number of ether oxygens (including phenoxy) is 2. The second-order valence-corrected chi connectivity index (χ2v) is 8.87. The van der Waals surface area contributed by atoms with Gasteiger partial charge < -0.3 is 25.0 Å². The van der Waals surface area contributed by atoms with Gasteiger partial charge in [0, 0.05) is 41.7 Å². The molecule has 8 heteroatoms. The monoisotopic (exact) mass is 499 g/mol. The number of carbonyl (C=O) groups excluding carboxylic acids is 1. The van der Waals surface area contributed by atoms with E-state index in [1.54, 1.807) is 6.08 Å². The zero-order chi connectivity index (χ0) is 26.2. The Morgan fingerprint density at radius 3 is 2.84 bits per heavy atom. The summed E-state index contributed by atoms with van der Waals surface area (Å²) in [6, 6.07) is 9.50. The van der Waals surface area contributed by atoms with Gasteiger partial charge in [-0.25, -0.2) is 9.97 Å². The summed E-state index contributed by atoms with van der Waals surface area (Å²) in [7, 11) is 0. The number of carbonyl (C=O) groups is 1. The first-order valence-electron chi connectivity index (χ1n) is 12.6. The van der Waals surface area contributed by atoms with Crippen LogP contribution < -0.4 is 15.4 Å². The fourth-order valence-electron chi connectivity index (χ4n) is 4.12. The maximum atomic E-state index is 12.8. The second-order valence-electron chi connectivity index (χ2n) is 8.87. The van der Waals surface area contributed by atoms with Crippen molar-refractivity contribution in [2.24, 2.45) is 0 Å². The first-order chi connectivity index (χ1) is 18.0. The van der Waals surface area contributed by atoms with Crippen LogP contribution in [0.25, 0.3) is 10.9 Å². The molecule has 0 spiro atoms. The number of nitrogens with one attached hydrogen (secondary N) is 2. The molecule has 2 N–H and O–H groups in total. The molecule has 0 bridgehead atoms. The Morgan fingerprint density at radius 1 is 1.27 bits per heavy atom. The van der Waals surface area contributed by atoms with Gasteiger partial charge in [-0.05, 0) is 43.8 Å². The number of nitrogens with zero attached hydrogens (tertiary/aromatic N) is 3. The Kier molecular flexibility index (Phi) is 8.72. The van der Waals surface area contributed by atoms with E-state index in [1.165, 1.54) is 6.33 Å². The Labute approximate surface area is 218 Å². The van der Waals surface area contributed by atoms with E-state index < -0.39 is 0 Å². The number of hydrogen-bond acceptors (Lipinski definition) is 7. The number of terminal acetylenes is 1. The number of anilines is 3. The molecule has 4 rings (SSSR count). The number of fused-ring (bicyclic) bond motifs is 1. The Balaban J connectivity index is 1.65. The highest BCUT2D eigenvalue weighted by molar-refractivity contribution is 6.03. The van der Waals surface area contributed by atoms with Crippen molar-refractivity contribution >= 4 is 34.0 Å². The third-order valence-electron chi connectivity index (χ3n) is 6.36. The minimum atomic E-state index is -0.234. The van der Waals surface area contributed by atoms with Crippen molar-refractivity contribution in [3.8, 4) is 18.1 Å². The quantitative estimate of drug-likeness (QED) is 0.310. The lowest BCUT2D eigenvalue weighted by molar-refractivity contribution is -0.111. The lowest BCUT2D eigenvalue weighted by Crippen LogP contribution is -2.23. The molecule has 1 fully saturated rings. The molecule has 1 amide bonds. The van der Waals surface area contributed by atoms with Gasteiger partial charge in [0.05, 0.1) is 24.4 Å². The van der Waals surface area contributed by atoms with Gasteiger partial charge in [0.2, 0.25) is 5.91 Å². The van der Waals surface area contributed by atoms with Gasteiger partial charge in [-0.15, -0.1) is 6.42 Å². The van der Waals surface area contributed by atoms with Crippen molar-refractivity contribution in [1.82, 2.24) is 14.9 Å². The van der Waals surface area contributed by atoms with Crippen molar-refractivity contribution < 1.29 is 14.3 Å².